The van der Waals surface area contributed by atoms with Gasteiger partial charge in [-0.2, -0.15) is 0 Å². The number of carboxylic acid groups (broad SMARTS) is 1. The second-order valence-corrected chi connectivity index (χ2v) is 4.52. The number of hydrogen-bond donors (Lipinski definition) is 1. The number of nitrogens with zero attached hydrogens (tertiary/aromatic N) is 1. The van der Waals surface area contributed by atoms with Gasteiger partial charge in [0.25, 0.3) is 0 Å². The molecule has 98 valence electrons. The van der Waals surface area contributed by atoms with E-state index in [-0.39, 0.29) is 11.6 Å². The molecular weight excluding hydrogens is 266 g/mol. The fraction of sp³-hybridized carbons (Fsp3) is 0.143. The summed E-state index contributed by atoms with van der Waals surface area (Å²) in [5.74, 6) is -0.274. The van der Waals surface area contributed by atoms with E-state index in [1.807, 2.05) is 13.8 Å². The Morgan fingerprint density at radius 1 is 1.26 bits per heavy atom. The largest absolute Gasteiger partial charge is 0.477 e. The van der Waals surface area contributed by atoms with Crippen molar-refractivity contribution in [1.29, 1.82) is 0 Å². The SMILES string of the molecule is Cc1cc(Oc2cccc(C(=O)O)n2)cc(C)c1Cl. The van der Waals surface area contributed by atoms with E-state index in [2.05, 4.69) is 4.98 Å². The first kappa shape index (κ1) is 13.4. The minimum Gasteiger partial charge on any atom is -0.477 e. The lowest BCUT2D eigenvalue weighted by Crippen LogP contribution is -2.00. The summed E-state index contributed by atoms with van der Waals surface area (Å²) < 4.78 is 5.55. The van der Waals surface area contributed by atoms with Gasteiger partial charge in [-0.15, -0.1) is 0 Å². The zero-order valence-electron chi connectivity index (χ0n) is 10.5. The summed E-state index contributed by atoms with van der Waals surface area (Å²) in [6.07, 6.45) is 0. The number of aryl methyl sites for hydroxylation is 2. The van der Waals surface area contributed by atoms with Crippen molar-refractivity contribution in [2.24, 2.45) is 0 Å². The van der Waals surface area contributed by atoms with E-state index in [4.69, 9.17) is 21.4 Å². The Morgan fingerprint density at radius 2 is 1.89 bits per heavy atom. The predicted molar refractivity (Wildman–Crippen MR) is 72.2 cm³/mol. The highest BCUT2D eigenvalue weighted by molar-refractivity contribution is 6.32. The molecule has 0 aliphatic carbocycles. The maximum absolute atomic E-state index is 10.8. The number of aromatic carboxylic acids is 1. The van der Waals surface area contributed by atoms with Crippen molar-refractivity contribution in [3.8, 4) is 11.6 Å². The molecule has 0 bridgehead atoms. The van der Waals surface area contributed by atoms with Gasteiger partial charge in [0.05, 0.1) is 0 Å². The lowest BCUT2D eigenvalue weighted by Gasteiger charge is -2.09. The second-order valence-electron chi connectivity index (χ2n) is 4.14. The van der Waals surface area contributed by atoms with Crippen LogP contribution in [0.15, 0.2) is 30.3 Å². The molecule has 2 rings (SSSR count). The van der Waals surface area contributed by atoms with Crippen LogP contribution in [0.1, 0.15) is 21.6 Å². The Balaban J connectivity index is 2.31. The first-order valence-electron chi connectivity index (χ1n) is 5.62. The number of ether oxygens (including phenoxy) is 1. The van der Waals surface area contributed by atoms with Crippen molar-refractivity contribution in [2.75, 3.05) is 0 Å². The zero-order chi connectivity index (χ0) is 14.0. The quantitative estimate of drug-likeness (QED) is 0.926. The van der Waals surface area contributed by atoms with Crippen LogP contribution in [-0.4, -0.2) is 16.1 Å². The molecule has 0 atom stereocenters. The Kier molecular flexibility index (Phi) is 3.71. The third kappa shape index (κ3) is 3.03. The molecule has 5 heteroatoms. The van der Waals surface area contributed by atoms with Crippen LogP contribution in [0.2, 0.25) is 5.02 Å². The normalized spacial score (nSPS) is 10.3. The second kappa shape index (κ2) is 5.28. The minimum atomic E-state index is -1.09. The van der Waals surface area contributed by atoms with Gasteiger partial charge in [-0.3, -0.25) is 0 Å². The van der Waals surface area contributed by atoms with Crippen molar-refractivity contribution >= 4 is 17.6 Å². The van der Waals surface area contributed by atoms with Gasteiger partial charge in [0, 0.05) is 11.1 Å². The number of halogens is 1. The highest BCUT2D eigenvalue weighted by Crippen LogP contribution is 2.28. The number of hydrogen-bond acceptors (Lipinski definition) is 3. The number of carbonyl (C=O) groups is 1. The van der Waals surface area contributed by atoms with Crippen LogP contribution in [0.25, 0.3) is 0 Å². The number of aromatic nitrogens is 1. The average Bonchev–Trinajstić information content (AvgIpc) is 2.36. The van der Waals surface area contributed by atoms with E-state index in [0.717, 1.165) is 11.1 Å². The van der Waals surface area contributed by atoms with Crippen LogP contribution in [-0.2, 0) is 0 Å². The van der Waals surface area contributed by atoms with Crippen LogP contribution in [0.3, 0.4) is 0 Å². The van der Waals surface area contributed by atoms with Gasteiger partial charge in [-0.25, -0.2) is 9.78 Å². The number of carboxylic acids is 1. The molecule has 0 unspecified atom stereocenters. The fourth-order valence-corrected chi connectivity index (χ4v) is 1.79. The van der Waals surface area contributed by atoms with Gasteiger partial charge in [-0.1, -0.05) is 17.7 Å². The first-order valence-corrected chi connectivity index (χ1v) is 6.00. The van der Waals surface area contributed by atoms with E-state index < -0.39 is 5.97 Å². The lowest BCUT2D eigenvalue weighted by atomic mass is 10.1. The van der Waals surface area contributed by atoms with Crippen LogP contribution < -0.4 is 4.74 Å². The van der Waals surface area contributed by atoms with Gasteiger partial charge < -0.3 is 9.84 Å². The Morgan fingerprint density at radius 3 is 2.47 bits per heavy atom. The van der Waals surface area contributed by atoms with Crippen LogP contribution >= 0.6 is 11.6 Å². The summed E-state index contributed by atoms with van der Waals surface area (Å²) in [5.41, 5.74) is 1.73. The maximum atomic E-state index is 10.8. The molecule has 1 N–H and O–H groups in total. The summed E-state index contributed by atoms with van der Waals surface area (Å²) >= 11 is 6.07. The third-order valence-electron chi connectivity index (χ3n) is 2.58. The number of pyridine rings is 1. The number of rotatable bonds is 3. The summed E-state index contributed by atoms with van der Waals surface area (Å²) in [5, 5.41) is 9.56. The molecule has 0 saturated heterocycles. The molecule has 2 aromatic rings. The molecule has 0 fully saturated rings. The Labute approximate surface area is 115 Å². The molecule has 19 heavy (non-hydrogen) atoms. The average molecular weight is 278 g/mol. The summed E-state index contributed by atoms with van der Waals surface area (Å²) in [4.78, 5) is 14.7. The molecule has 0 spiro atoms. The van der Waals surface area contributed by atoms with Gasteiger partial charge in [-0.05, 0) is 43.2 Å². The molecule has 0 aliphatic rings. The summed E-state index contributed by atoms with van der Waals surface area (Å²) in [6, 6.07) is 8.16. The van der Waals surface area contributed by atoms with Gasteiger partial charge in [0.2, 0.25) is 5.88 Å². The van der Waals surface area contributed by atoms with Crippen molar-refractivity contribution in [3.05, 3.63) is 52.2 Å². The van der Waals surface area contributed by atoms with Gasteiger partial charge >= 0.3 is 5.97 Å². The van der Waals surface area contributed by atoms with Gasteiger partial charge in [0.15, 0.2) is 5.69 Å². The molecular formula is C14H12ClNO3. The standard InChI is InChI=1S/C14H12ClNO3/c1-8-6-10(7-9(2)13(8)15)19-12-5-3-4-11(16-12)14(17)18/h3-7H,1-2H3,(H,17,18). The molecule has 0 saturated carbocycles. The Hall–Kier alpha value is -2.07. The summed E-state index contributed by atoms with van der Waals surface area (Å²) in [6.45, 7) is 3.76. The summed E-state index contributed by atoms with van der Waals surface area (Å²) in [7, 11) is 0. The van der Waals surface area contributed by atoms with Crippen molar-refractivity contribution in [1.82, 2.24) is 4.98 Å². The van der Waals surface area contributed by atoms with Crippen molar-refractivity contribution in [3.63, 3.8) is 0 Å². The van der Waals surface area contributed by atoms with E-state index in [1.165, 1.54) is 6.07 Å². The van der Waals surface area contributed by atoms with Crippen molar-refractivity contribution in [2.45, 2.75) is 13.8 Å². The van der Waals surface area contributed by atoms with E-state index >= 15 is 0 Å². The molecule has 1 aromatic carbocycles. The monoisotopic (exact) mass is 277 g/mol. The topological polar surface area (TPSA) is 59.4 Å². The molecule has 1 heterocycles. The minimum absolute atomic E-state index is 0.0556. The van der Waals surface area contributed by atoms with E-state index in [9.17, 15) is 4.79 Å². The van der Waals surface area contributed by atoms with E-state index in [0.29, 0.717) is 10.8 Å². The molecule has 1 aromatic heterocycles. The molecule has 0 radical (unpaired) electrons. The van der Waals surface area contributed by atoms with Crippen LogP contribution in [0, 0.1) is 13.8 Å². The fourth-order valence-electron chi connectivity index (χ4n) is 1.68. The smallest absolute Gasteiger partial charge is 0.354 e. The first-order chi connectivity index (χ1) is 8.97. The predicted octanol–water partition coefficient (Wildman–Crippen LogP) is 3.84. The molecule has 0 amide bonds. The maximum Gasteiger partial charge on any atom is 0.354 e. The van der Waals surface area contributed by atoms with Gasteiger partial charge in [0.1, 0.15) is 5.75 Å². The highest BCUT2D eigenvalue weighted by atomic mass is 35.5. The zero-order valence-corrected chi connectivity index (χ0v) is 11.2. The number of benzene rings is 1. The van der Waals surface area contributed by atoms with Crippen molar-refractivity contribution < 1.29 is 14.6 Å². The van der Waals surface area contributed by atoms with E-state index in [1.54, 1.807) is 24.3 Å². The van der Waals surface area contributed by atoms with Crippen LogP contribution in [0.5, 0.6) is 11.6 Å². The third-order valence-corrected chi connectivity index (χ3v) is 3.17. The lowest BCUT2D eigenvalue weighted by molar-refractivity contribution is 0.0689. The highest BCUT2D eigenvalue weighted by Gasteiger charge is 2.08. The van der Waals surface area contributed by atoms with Crippen LogP contribution in [0.4, 0.5) is 0 Å². The molecule has 0 aliphatic heterocycles. The molecule has 4 nitrogen and oxygen atoms in total. The Bertz CT molecular complexity index is 617.